The molecular weight excluding hydrogens is 455 g/mol. The molecule has 0 saturated heterocycles. The normalized spacial score (nSPS) is 12.2. The number of amides is 1. The number of phenolic OH excluding ortho intramolecular Hbond substituents is 1. The summed E-state index contributed by atoms with van der Waals surface area (Å²) in [6.07, 6.45) is -0.883. The minimum atomic E-state index is -0.883. The van der Waals surface area contributed by atoms with Gasteiger partial charge in [0, 0.05) is 5.02 Å². The van der Waals surface area contributed by atoms with Gasteiger partial charge in [-0.3, -0.25) is 10.1 Å². The van der Waals surface area contributed by atoms with Crippen LogP contribution in [0.1, 0.15) is 33.3 Å². The molecule has 2 aromatic carbocycles. The number of ether oxygens (including phenoxy) is 1. The van der Waals surface area contributed by atoms with Gasteiger partial charge in [-0.05, 0) is 60.5 Å². The lowest BCUT2D eigenvalue weighted by Gasteiger charge is -2.22. The van der Waals surface area contributed by atoms with Crippen molar-refractivity contribution >= 4 is 63.7 Å². The fourth-order valence-electron chi connectivity index (χ4n) is 2.31. The van der Waals surface area contributed by atoms with Crippen molar-refractivity contribution in [2.75, 3.05) is 5.32 Å². The molecule has 1 unspecified atom stereocenters. The molecule has 2 rings (SSSR count). The number of benzene rings is 2. The predicted octanol–water partition coefficient (Wildman–Crippen LogP) is 5.93. The number of carbonyl (C=O) groups excluding carboxylic acids is 1. The SMILES string of the molecule is CC(Oc1ccc(Cl)cc1Cl)C(=O)NC(=S)Nc1cc(C(C)(C)C)cc(Cl)c1O. The first-order valence-corrected chi connectivity index (χ1v) is 10.2. The van der Waals surface area contributed by atoms with E-state index < -0.39 is 12.0 Å². The van der Waals surface area contributed by atoms with Crippen LogP contribution in [0.3, 0.4) is 0 Å². The third kappa shape index (κ3) is 6.37. The van der Waals surface area contributed by atoms with Crippen molar-refractivity contribution in [3.63, 3.8) is 0 Å². The van der Waals surface area contributed by atoms with Crippen LogP contribution in [-0.2, 0) is 10.2 Å². The number of aromatic hydroxyl groups is 1. The Balaban J connectivity index is 2.06. The maximum absolute atomic E-state index is 12.4. The molecule has 5 nitrogen and oxygen atoms in total. The molecule has 0 aliphatic rings. The number of carbonyl (C=O) groups is 1. The highest BCUT2D eigenvalue weighted by molar-refractivity contribution is 7.80. The van der Waals surface area contributed by atoms with Gasteiger partial charge in [-0.25, -0.2) is 0 Å². The van der Waals surface area contributed by atoms with Crippen molar-refractivity contribution in [1.29, 1.82) is 0 Å². The Morgan fingerprint density at radius 2 is 1.79 bits per heavy atom. The van der Waals surface area contributed by atoms with Crippen LogP contribution in [0.5, 0.6) is 11.5 Å². The van der Waals surface area contributed by atoms with Gasteiger partial charge in [0.05, 0.1) is 15.7 Å². The minimum absolute atomic E-state index is 0.00919. The van der Waals surface area contributed by atoms with Crippen LogP contribution in [0.4, 0.5) is 5.69 Å². The van der Waals surface area contributed by atoms with Crippen molar-refractivity contribution < 1.29 is 14.6 Å². The number of rotatable bonds is 4. The summed E-state index contributed by atoms with van der Waals surface area (Å²) >= 11 is 23.2. The van der Waals surface area contributed by atoms with E-state index in [1.165, 1.54) is 6.07 Å². The van der Waals surface area contributed by atoms with Crippen LogP contribution in [0.15, 0.2) is 30.3 Å². The molecule has 0 heterocycles. The first-order valence-electron chi connectivity index (χ1n) is 8.65. The second kappa shape index (κ2) is 9.39. The van der Waals surface area contributed by atoms with E-state index in [2.05, 4.69) is 10.6 Å². The van der Waals surface area contributed by atoms with Gasteiger partial charge in [-0.15, -0.1) is 0 Å². The zero-order valence-electron chi connectivity index (χ0n) is 16.3. The molecule has 0 aliphatic heterocycles. The van der Waals surface area contributed by atoms with Crippen LogP contribution >= 0.6 is 47.0 Å². The zero-order valence-corrected chi connectivity index (χ0v) is 19.4. The molecule has 0 radical (unpaired) electrons. The van der Waals surface area contributed by atoms with Gasteiger partial charge in [0.25, 0.3) is 5.91 Å². The third-order valence-electron chi connectivity index (χ3n) is 3.98. The van der Waals surface area contributed by atoms with E-state index in [-0.39, 0.29) is 26.3 Å². The van der Waals surface area contributed by atoms with E-state index >= 15 is 0 Å². The van der Waals surface area contributed by atoms with Crippen LogP contribution in [0.2, 0.25) is 15.1 Å². The number of hydrogen-bond acceptors (Lipinski definition) is 4. The van der Waals surface area contributed by atoms with Crippen molar-refractivity contribution in [1.82, 2.24) is 5.32 Å². The van der Waals surface area contributed by atoms with E-state index in [4.69, 9.17) is 51.8 Å². The largest absolute Gasteiger partial charge is 0.504 e. The average molecular weight is 476 g/mol. The smallest absolute Gasteiger partial charge is 0.266 e. The number of thiocarbonyl (C=S) groups is 1. The first kappa shape index (κ1) is 23.5. The Morgan fingerprint density at radius 3 is 2.38 bits per heavy atom. The molecule has 0 saturated carbocycles. The van der Waals surface area contributed by atoms with Crippen LogP contribution in [0.25, 0.3) is 0 Å². The Hall–Kier alpha value is -1.73. The molecule has 1 amide bonds. The number of nitrogens with one attached hydrogen (secondary N) is 2. The lowest BCUT2D eigenvalue weighted by molar-refractivity contribution is -0.125. The van der Waals surface area contributed by atoms with Gasteiger partial charge in [-0.1, -0.05) is 55.6 Å². The molecule has 0 spiro atoms. The molecule has 9 heteroatoms. The topological polar surface area (TPSA) is 70.6 Å². The van der Waals surface area contributed by atoms with E-state index in [0.717, 1.165) is 5.56 Å². The molecule has 1 atom stereocenters. The minimum Gasteiger partial charge on any atom is -0.504 e. The van der Waals surface area contributed by atoms with E-state index in [0.29, 0.717) is 16.5 Å². The molecule has 3 N–H and O–H groups in total. The highest BCUT2D eigenvalue weighted by Gasteiger charge is 2.21. The Bertz CT molecular complexity index is 945. The van der Waals surface area contributed by atoms with Gasteiger partial charge < -0.3 is 15.2 Å². The lowest BCUT2D eigenvalue weighted by Crippen LogP contribution is -2.42. The van der Waals surface area contributed by atoms with E-state index in [1.807, 2.05) is 20.8 Å². The van der Waals surface area contributed by atoms with Gasteiger partial charge in [0.15, 0.2) is 17.0 Å². The summed E-state index contributed by atoms with van der Waals surface area (Å²) in [6.45, 7) is 7.60. The van der Waals surface area contributed by atoms with Gasteiger partial charge in [0.1, 0.15) is 5.75 Å². The van der Waals surface area contributed by atoms with Crippen molar-refractivity contribution in [2.45, 2.75) is 39.2 Å². The summed E-state index contributed by atoms with van der Waals surface area (Å²) < 4.78 is 5.56. The molecule has 156 valence electrons. The van der Waals surface area contributed by atoms with Gasteiger partial charge >= 0.3 is 0 Å². The summed E-state index contributed by atoms with van der Waals surface area (Å²) in [7, 11) is 0. The molecule has 0 aliphatic carbocycles. The van der Waals surface area contributed by atoms with Crippen molar-refractivity contribution in [3.05, 3.63) is 51.0 Å². The fourth-order valence-corrected chi connectivity index (χ4v) is 3.19. The molecular formula is C20H21Cl3N2O3S. The van der Waals surface area contributed by atoms with Gasteiger partial charge in [-0.2, -0.15) is 0 Å². The predicted molar refractivity (Wildman–Crippen MR) is 123 cm³/mol. The van der Waals surface area contributed by atoms with Crippen LogP contribution in [-0.4, -0.2) is 22.2 Å². The van der Waals surface area contributed by atoms with Crippen LogP contribution in [0, 0.1) is 0 Å². The fraction of sp³-hybridized carbons (Fsp3) is 0.300. The molecule has 0 aromatic heterocycles. The second-order valence-electron chi connectivity index (χ2n) is 7.38. The maximum Gasteiger partial charge on any atom is 0.266 e. The molecule has 2 aromatic rings. The molecule has 0 fully saturated rings. The summed E-state index contributed by atoms with van der Waals surface area (Å²) in [5.74, 6) is -0.334. The summed E-state index contributed by atoms with van der Waals surface area (Å²) in [6, 6.07) is 8.11. The van der Waals surface area contributed by atoms with Crippen molar-refractivity contribution in [3.8, 4) is 11.5 Å². The first-order chi connectivity index (χ1) is 13.4. The molecule has 0 bridgehead atoms. The summed E-state index contributed by atoms with van der Waals surface area (Å²) in [5, 5.41) is 16.4. The Kier molecular flexibility index (Phi) is 7.62. The number of phenols is 1. The highest BCUT2D eigenvalue weighted by atomic mass is 35.5. The maximum atomic E-state index is 12.4. The summed E-state index contributed by atoms with van der Waals surface area (Å²) in [5.41, 5.74) is 0.992. The highest BCUT2D eigenvalue weighted by Crippen LogP contribution is 2.37. The second-order valence-corrected chi connectivity index (χ2v) is 9.04. The van der Waals surface area contributed by atoms with Crippen LogP contribution < -0.4 is 15.4 Å². The van der Waals surface area contributed by atoms with E-state index in [1.54, 1.807) is 31.2 Å². The number of halogens is 3. The summed E-state index contributed by atoms with van der Waals surface area (Å²) in [4.78, 5) is 12.4. The standard InChI is InChI=1S/C20H21Cl3N2O3S/c1-10(28-16-6-5-12(21)9-13(16)22)18(27)25-19(29)24-15-8-11(20(2,3)4)7-14(23)17(15)26/h5-10,26H,1-4H3,(H2,24,25,27,29). The van der Waals surface area contributed by atoms with Crippen molar-refractivity contribution in [2.24, 2.45) is 0 Å². The Morgan fingerprint density at radius 1 is 1.14 bits per heavy atom. The quantitative estimate of drug-likeness (QED) is 0.377. The third-order valence-corrected chi connectivity index (χ3v) is 5.00. The zero-order chi connectivity index (χ0) is 21.9. The number of hydrogen-bond donors (Lipinski definition) is 3. The molecule has 29 heavy (non-hydrogen) atoms. The number of anilines is 1. The van der Waals surface area contributed by atoms with Gasteiger partial charge in [0.2, 0.25) is 0 Å². The lowest BCUT2D eigenvalue weighted by atomic mass is 9.87. The average Bonchev–Trinajstić information content (AvgIpc) is 2.60. The monoisotopic (exact) mass is 474 g/mol. The van der Waals surface area contributed by atoms with E-state index in [9.17, 15) is 9.90 Å². The Labute approximate surface area is 190 Å².